The van der Waals surface area contributed by atoms with Crippen LogP contribution in [0.5, 0.6) is 0 Å². The van der Waals surface area contributed by atoms with E-state index in [0.717, 1.165) is 0 Å². The molecule has 0 saturated heterocycles. The molecule has 0 aliphatic carbocycles. The van der Waals surface area contributed by atoms with E-state index in [1.54, 1.807) is 7.05 Å². The van der Waals surface area contributed by atoms with Gasteiger partial charge in [-0.05, 0) is 6.07 Å². The Labute approximate surface area is 96.4 Å². The third-order valence-corrected chi connectivity index (χ3v) is 2.20. The van der Waals surface area contributed by atoms with Gasteiger partial charge in [0, 0.05) is 13.2 Å². The zero-order valence-electron chi connectivity index (χ0n) is 8.48. The van der Waals surface area contributed by atoms with Gasteiger partial charge in [-0.1, -0.05) is 11.6 Å². The van der Waals surface area contributed by atoms with Crippen LogP contribution in [0.4, 0.5) is 0 Å². The summed E-state index contributed by atoms with van der Waals surface area (Å²) in [4.78, 5) is 22.2. The van der Waals surface area contributed by atoms with Crippen LogP contribution in [0, 0.1) is 0 Å². The van der Waals surface area contributed by atoms with Gasteiger partial charge >= 0.3 is 5.97 Å². The van der Waals surface area contributed by atoms with Crippen molar-refractivity contribution < 1.29 is 19.8 Å². The Hall–Kier alpha value is -1.53. The highest BCUT2D eigenvalue weighted by Crippen LogP contribution is 2.12. The third-order valence-electron chi connectivity index (χ3n) is 1.99. The van der Waals surface area contributed by atoms with E-state index < -0.39 is 24.5 Å². The van der Waals surface area contributed by atoms with Gasteiger partial charge in [0.15, 0.2) is 6.04 Å². The number of aliphatic carboxylic acids is 1. The number of carbonyl (C=O) groups is 2. The summed E-state index contributed by atoms with van der Waals surface area (Å²) in [7, 11) is 1.61. The van der Waals surface area contributed by atoms with Crippen molar-refractivity contribution >= 4 is 23.5 Å². The number of aliphatic hydroxyl groups is 1. The molecular formula is C9H11ClN2O4. The fraction of sp³-hybridized carbons (Fsp3) is 0.333. The maximum absolute atomic E-state index is 11.6. The molecule has 0 spiro atoms. The summed E-state index contributed by atoms with van der Waals surface area (Å²) >= 11 is 5.68. The lowest BCUT2D eigenvalue weighted by Crippen LogP contribution is -2.43. The van der Waals surface area contributed by atoms with E-state index in [9.17, 15) is 9.59 Å². The number of hydrogen-bond acceptors (Lipinski definition) is 3. The van der Waals surface area contributed by atoms with Gasteiger partial charge < -0.3 is 20.1 Å². The van der Waals surface area contributed by atoms with Crippen LogP contribution in [0.1, 0.15) is 10.5 Å². The number of carbonyl (C=O) groups excluding carboxylic acids is 1. The Morgan fingerprint density at radius 3 is 2.62 bits per heavy atom. The standard InChI is InChI=1S/C9H11ClN2O4/c1-12-3-5(10)2-7(12)8(14)11-6(4-13)9(15)16/h2-3,6,13H,4H2,1H3,(H,11,14)(H,15,16)/t6-/m1/s1. The Bertz CT molecular complexity index is 416. The lowest BCUT2D eigenvalue weighted by atomic mass is 10.3. The summed E-state index contributed by atoms with van der Waals surface area (Å²) in [6.07, 6.45) is 1.52. The molecule has 6 nitrogen and oxygen atoms in total. The average molecular weight is 247 g/mol. The molecule has 0 unspecified atom stereocenters. The van der Waals surface area contributed by atoms with Gasteiger partial charge in [-0.3, -0.25) is 4.79 Å². The number of carboxylic acids is 1. The van der Waals surface area contributed by atoms with Crippen molar-refractivity contribution in [2.24, 2.45) is 7.05 Å². The smallest absolute Gasteiger partial charge is 0.328 e. The van der Waals surface area contributed by atoms with Crippen molar-refractivity contribution in [2.45, 2.75) is 6.04 Å². The molecule has 1 aromatic rings. The number of aliphatic hydroxyl groups excluding tert-OH is 1. The van der Waals surface area contributed by atoms with E-state index in [4.69, 9.17) is 21.8 Å². The minimum absolute atomic E-state index is 0.227. The molecule has 7 heteroatoms. The molecule has 3 N–H and O–H groups in total. The largest absolute Gasteiger partial charge is 0.480 e. The second-order valence-corrected chi connectivity index (χ2v) is 3.64. The Balaban J connectivity index is 2.79. The van der Waals surface area contributed by atoms with E-state index in [-0.39, 0.29) is 5.69 Å². The molecule has 0 aliphatic rings. The first-order valence-electron chi connectivity index (χ1n) is 4.42. The van der Waals surface area contributed by atoms with Crippen molar-refractivity contribution in [3.63, 3.8) is 0 Å². The van der Waals surface area contributed by atoms with Crippen LogP contribution in [0.2, 0.25) is 5.02 Å². The first kappa shape index (κ1) is 12.5. The maximum Gasteiger partial charge on any atom is 0.328 e. The van der Waals surface area contributed by atoms with Crippen molar-refractivity contribution in [3.8, 4) is 0 Å². The molecule has 0 fully saturated rings. The van der Waals surface area contributed by atoms with Crippen molar-refractivity contribution in [3.05, 3.63) is 23.0 Å². The molecule has 16 heavy (non-hydrogen) atoms. The van der Waals surface area contributed by atoms with E-state index in [2.05, 4.69) is 5.32 Å². The van der Waals surface area contributed by atoms with Crippen LogP contribution in [0.15, 0.2) is 12.3 Å². The molecule has 88 valence electrons. The molecule has 0 aliphatic heterocycles. The number of rotatable bonds is 4. The second kappa shape index (κ2) is 5.00. The minimum atomic E-state index is -1.32. The van der Waals surface area contributed by atoms with Gasteiger partial charge in [0.1, 0.15) is 5.69 Å². The van der Waals surface area contributed by atoms with Gasteiger partial charge in [-0.15, -0.1) is 0 Å². The van der Waals surface area contributed by atoms with E-state index in [1.807, 2.05) is 0 Å². The van der Waals surface area contributed by atoms with Crippen LogP contribution in [0.3, 0.4) is 0 Å². The number of carboxylic acid groups (broad SMARTS) is 1. The van der Waals surface area contributed by atoms with Crippen LogP contribution in [-0.2, 0) is 11.8 Å². The predicted octanol–water partition coefficient (Wildman–Crippen LogP) is -0.146. The zero-order valence-corrected chi connectivity index (χ0v) is 9.23. The van der Waals surface area contributed by atoms with Gasteiger partial charge in [0.05, 0.1) is 11.6 Å². The topological polar surface area (TPSA) is 91.6 Å². The Kier molecular flexibility index (Phi) is 3.92. The molecule has 1 aromatic heterocycles. The number of amides is 1. The molecule has 1 heterocycles. The Morgan fingerprint density at radius 1 is 1.62 bits per heavy atom. The molecule has 0 aromatic carbocycles. The minimum Gasteiger partial charge on any atom is -0.480 e. The molecule has 0 saturated carbocycles. The predicted molar refractivity (Wildman–Crippen MR) is 56.4 cm³/mol. The zero-order chi connectivity index (χ0) is 12.3. The number of aryl methyl sites for hydroxylation is 1. The van der Waals surface area contributed by atoms with Crippen molar-refractivity contribution in [1.82, 2.24) is 9.88 Å². The van der Waals surface area contributed by atoms with Crippen LogP contribution < -0.4 is 5.32 Å². The average Bonchev–Trinajstić information content (AvgIpc) is 2.53. The second-order valence-electron chi connectivity index (χ2n) is 3.20. The number of nitrogens with one attached hydrogen (secondary N) is 1. The summed E-state index contributed by atoms with van der Waals surface area (Å²) in [5.74, 6) is -1.90. The monoisotopic (exact) mass is 246 g/mol. The summed E-state index contributed by atoms with van der Waals surface area (Å²) in [6.45, 7) is -0.667. The normalized spacial score (nSPS) is 12.2. The van der Waals surface area contributed by atoms with Crippen LogP contribution >= 0.6 is 11.6 Å². The van der Waals surface area contributed by atoms with Gasteiger partial charge in [-0.25, -0.2) is 4.79 Å². The number of halogens is 1. The van der Waals surface area contributed by atoms with Crippen LogP contribution in [-0.4, -0.2) is 39.3 Å². The highest BCUT2D eigenvalue weighted by atomic mass is 35.5. The SMILES string of the molecule is Cn1cc(Cl)cc1C(=O)N[C@H](CO)C(=O)O. The lowest BCUT2D eigenvalue weighted by Gasteiger charge is -2.11. The molecule has 0 radical (unpaired) electrons. The van der Waals surface area contributed by atoms with E-state index in [0.29, 0.717) is 5.02 Å². The fourth-order valence-electron chi connectivity index (χ4n) is 1.17. The summed E-state index contributed by atoms with van der Waals surface area (Å²) in [6, 6.07) is 0.0915. The molecular weight excluding hydrogens is 236 g/mol. The summed E-state index contributed by atoms with van der Waals surface area (Å²) < 4.78 is 1.47. The first-order valence-corrected chi connectivity index (χ1v) is 4.80. The molecule has 1 atom stereocenters. The maximum atomic E-state index is 11.6. The Morgan fingerprint density at radius 2 is 2.25 bits per heavy atom. The lowest BCUT2D eigenvalue weighted by molar-refractivity contribution is -0.140. The van der Waals surface area contributed by atoms with Gasteiger partial charge in [0.2, 0.25) is 0 Å². The molecule has 1 amide bonds. The highest BCUT2D eigenvalue weighted by molar-refractivity contribution is 6.31. The number of hydrogen-bond donors (Lipinski definition) is 3. The van der Waals surface area contributed by atoms with E-state index >= 15 is 0 Å². The number of nitrogens with zero attached hydrogens (tertiary/aromatic N) is 1. The first-order chi connectivity index (χ1) is 7.45. The fourth-order valence-corrected chi connectivity index (χ4v) is 1.42. The quantitative estimate of drug-likeness (QED) is 0.689. The highest BCUT2D eigenvalue weighted by Gasteiger charge is 2.21. The summed E-state index contributed by atoms with van der Waals surface area (Å²) in [5.41, 5.74) is 0.227. The van der Waals surface area contributed by atoms with Crippen LogP contribution in [0.25, 0.3) is 0 Å². The van der Waals surface area contributed by atoms with Gasteiger partial charge in [0.25, 0.3) is 5.91 Å². The van der Waals surface area contributed by atoms with Crippen molar-refractivity contribution in [2.75, 3.05) is 6.61 Å². The molecule has 1 rings (SSSR count). The third kappa shape index (κ3) is 2.74. The number of aromatic nitrogens is 1. The van der Waals surface area contributed by atoms with E-state index in [1.165, 1.54) is 16.8 Å². The van der Waals surface area contributed by atoms with Gasteiger partial charge in [-0.2, -0.15) is 0 Å². The molecule has 0 bridgehead atoms. The van der Waals surface area contributed by atoms with Crippen molar-refractivity contribution in [1.29, 1.82) is 0 Å². The summed E-state index contributed by atoms with van der Waals surface area (Å²) in [5, 5.41) is 19.9.